The lowest BCUT2D eigenvalue weighted by molar-refractivity contribution is -0.143. The van der Waals surface area contributed by atoms with Crippen LogP contribution in [0.3, 0.4) is 0 Å². The van der Waals surface area contributed by atoms with E-state index in [4.69, 9.17) is 4.74 Å². The van der Waals surface area contributed by atoms with Crippen LogP contribution in [-0.4, -0.2) is 29.4 Å². The van der Waals surface area contributed by atoms with E-state index in [0.717, 1.165) is 11.3 Å². The van der Waals surface area contributed by atoms with Gasteiger partial charge in [0.15, 0.2) is 0 Å². The molecule has 5 nitrogen and oxygen atoms in total. The van der Waals surface area contributed by atoms with Gasteiger partial charge < -0.3 is 4.74 Å². The van der Waals surface area contributed by atoms with Crippen LogP contribution in [0.1, 0.15) is 38.1 Å². The van der Waals surface area contributed by atoms with E-state index < -0.39 is 6.04 Å². The minimum Gasteiger partial charge on any atom is -0.468 e. The summed E-state index contributed by atoms with van der Waals surface area (Å²) >= 11 is 0. The molecule has 106 valence electrons. The molecule has 1 rings (SSSR count). The number of hydrogen-bond acceptors (Lipinski definition) is 4. The van der Waals surface area contributed by atoms with Gasteiger partial charge in [-0.1, -0.05) is 26.8 Å². The zero-order chi connectivity index (χ0) is 14.6. The standard InChI is InChI=1S/C14H23N3O2/c1-7-8-15-11(13(18)19-6)10-9-17(5)16-12(10)14(2,3)4/h7,9,11,15H,1,8H2,2-6H3. The first-order valence-electron chi connectivity index (χ1n) is 6.27. The van der Waals surface area contributed by atoms with Gasteiger partial charge in [-0.15, -0.1) is 6.58 Å². The number of rotatable bonds is 5. The van der Waals surface area contributed by atoms with Crippen molar-refractivity contribution in [3.63, 3.8) is 0 Å². The number of carbonyl (C=O) groups is 1. The maximum atomic E-state index is 12.0. The molecule has 0 bridgehead atoms. The Hall–Kier alpha value is -1.62. The summed E-state index contributed by atoms with van der Waals surface area (Å²) in [4.78, 5) is 12.0. The largest absolute Gasteiger partial charge is 0.468 e. The first-order valence-corrected chi connectivity index (χ1v) is 6.27. The van der Waals surface area contributed by atoms with Gasteiger partial charge in [-0.2, -0.15) is 5.10 Å². The van der Waals surface area contributed by atoms with Crippen molar-refractivity contribution in [1.82, 2.24) is 15.1 Å². The highest BCUT2D eigenvalue weighted by atomic mass is 16.5. The molecule has 0 aliphatic carbocycles. The van der Waals surface area contributed by atoms with Crippen molar-refractivity contribution >= 4 is 5.97 Å². The van der Waals surface area contributed by atoms with Crippen molar-refractivity contribution in [2.24, 2.45) is 7.05 Å². The van der Waals surface area contributed by atoms with Crippen molar-refractivity contribution in [3.8, 4) is 0 Å². The second-order valence-corrected chi connectivity index (χ2v) is 5.51. The lowest BCUT2D eigenvalue weighted by Crippen LogP contribution is -2.31. The zero-order valence-corrected chi connectivity index (χ0v) is 12.4. The molecule has 0 saturated carbocycles. The minimum absolute atomic E-state index is 0.140. The summed E-state index contributed by atoms with van der Waals surface area (Å²) < 4.78 is 6.59. The third-order valence-electron chi connectivity index (χ3n) is 2.78. The predicted molar refractivity (Wildman–Crippen MR) is 74.9 cm³/mol. The molecule has 19 heavy (non-hydrogen) atoms. The van der Waals surface area contributed by atoms with Crippen LogP contribution in [0.2, 0.25) is 0 Å². The molecule has 1 N–H and O–H groups in total. The highest BCUT2D eigenvalue weighted by Gasteiger charge is 2.30. The van der Waals surface area contributed by atoms with Crippen molar-refractivity contribution in [1.29, 1.82) is 0 Å². The molecule has 5 heteroatoms. The second kappa shape index (κ2) is 6.02. The minimum atomic E-state index is -0.522. The molecule has 0 fully saturated rings. The molecule has 0 amide bonds. The molecule has 1 aromatic heterocycles. The van der Waals surface area contributed by atoms with E-state index in [9.17, 15) is 4.79 Å². The number of ether oxygens (including phenoxy) is 1. The zero-order valence-electron chi connectivity index (χ0n) is 12.4. The Bertz CT molecular complexity index is 458. The third-order valence-corrected chi connectivity index (χ3v) is 2.78. The number of aromatic nitrogens is 2. The first-order chi connectivity index (χ1) is 8.81. The van der Waals surface area contributed by atoms with Gasteiger partial charge in [-0.3, -0.25) is 10.00 Å². The van der Waals surface area contributed by atoms with Crippen molar-refractivity contribution in [2.75, 3.05) is 13.7 Å². The first kappa shape index (κ1) is 15.4. The lowest BCUT2D eigenvalue weighted by Gasteiger charge is -2.21. The van der Waals surface area contributed by atoms with Crippen molar-refractivity contribution in [2.45, 2.75) is 32.2 Å². The van der Waals surface area contributed by atoms with Crippen LogP contribution in [0, 0.1) is 0 Å². The van der Waals surface area contributed by atoms with Crippen LogP contribution >= 0.6 is 0 Å². The molecule has 0 spiro atoms. The molecule has 1 heterocycles. The highest BCUT2D eigenvalue weighted by Crippen LogP contribution is 2.28. The topological polar surface area (TPSA) is 56.1 Å². The molecule has 0 aliphatic heterocycles. The molecular formula is C14H23N3O2. The van der Waals surface area contributed by atoms with Crippen molar-refractivity contribution in [3.05, 3.63) is 30.1 Å². The number of aryl methyl sites for hydroxylation is 1. The van der Waals surface area contributed by atoms with Gasteiger partial charge in [0, 0.05) is 30.8 Å². The van der Waals surface area contributed by atoms with Crippen molar-refractivity contribution < 1.29 is 9.53 Å². The average molecular weight is 265 g/mol. The molecule has 0 aliphatic rings. The van der Waals surface area contributed by atoms with E-state index in [1.807, 2.05) is 13.2 Å². The fourth-order valence-electron chi connectivity index (χ4n) is 1.94. The van der Waals surface area contributed by atoms with E-state index in [2.05, 4.69) is 37.8 Å². The van der Waals surface area contributed by atoms with Crippen LogP contribution < -0.4 is 5.32 Å². The second-order valence-electron chi connectivity index (χ2n) is 5.51. The van der Waals surface area contributed by atoms with Crippen LogP contribution in [0.4, 0.5) is 0 Å². The number of methoxy groups -OCH3 is 1. The van der Waals surface area contributed by atoms with Gasteiger partial charge in [0.25, 0.3) is 0 Å². The maximum absolute atomic E-state index is 12.0. The SMILES string of the molecule is C=CCNC(C(=O)OC)c1cn(C)nc1C(C)(C)C. The highest BCUT2D eigenvalue weighted by molar-refractivity contribution is 5.78. The number of carbonyl (C=O) groups excluding carboxylic acids is 1. The van der Waals surface area contributed by atoms with E-state index in [0.29, 0.717) is 6.54 Å². The van der Waals surface area contributed by atoms with E-state index in [1.54, 1.807) is 10.8 Å². The summed E-state index contributed by atoms with van der Waals surface area (Å²) in [6.45, 7) is 10.4. The molecule has 1 atom stereocenters. The monoisotopic (exact) mass is 265 g/mol. The fraction of sp³-hybridized carbons (Fsp3) is 0.571. The number of nitrogens with zero attached hydrogens (tertiary/aromatic N) is 2. The van der Waals surface area contributed by atoms with Crippen LogP contribution in [-0.2, 0) is 22.0 Å². The smallest absolute Gasteiger partial charge is 0.327 e. The Morgan fingerprint density at radius 2 is 2.26 bits per heavy atom. The Kier molecular flexibility index (Phi) is 4.89. The fourth-order valence-corrected chi connectivity index (χ4v) is 1.94. The van der Waals surface area contributed by atoms with Gasteiger partial charge in [0.2, 0.25) is 0 Å². The molecule has 0 radical (unpaired) electrons. The lowest BCUT2D eigenvalue weighted by atomic mass is 9.87. The van der Waals surface area contributed by atoms with E-state index in [1.165, 1.54) is 7.11 Å². The van der Waals surface area contributed by atoms with Crippen LogP contribution in [0.5, 0.6) is 0 Å². The molecule has 0 aromatic carbocycles. The summed E-state index contributed by atoms with van der Waals surface area (Å²) in [5, 5.41) is 7.59. The van der Waals surface area contributed by atoms with E-state index >= 15 is 0 Å². The third kappa shape index (κ3) is 3.67. The summed E-state index contributed by atoms with van der Waals surface area (Å²) in [7, 11) is 3.23. The van der Waals surface area contributed by atoms with E-state index in [-0.39, 0.29) is 11.4 Å². The quantitative estimate of drug-likeness (QED) is 0.650. The summed E-state index contributed by atoms with van der Waals surface area (Å²) in [5.41, 5.74) is 1.60. The van der Waals surface area contributed by atoms with Crippen LogP contribution in [0.15, 0.2) is 18.9 Å². The summed E-state index contributed by atoms with van der Waals surface area (Å²) in [6.07, 6.45) is 3.57. The van der Waals surface area contributed by atoms with Gasteiger partial charge in [-0.05, 0) is 0 Å². The Morgan fingerprint density at radius 3 is 2.74 bits per heavy atom. The van der Waals surface area contributed by atoms with Crippen LogP contribution in [0.25, 0.3) is 0 Å². The molecule has 0 saturated heterocycles. The summed E-state index contributed by atoms with van der Waals surface area (Å²) in [5.74, 6) is -0.319. The van der Waals surface area contributed by atoms with Gasteiger partial charge in [0.05, 0.1) is 12.8 Å². The maximum Gasteiger partial charge on any atom is 0.327 e. The predicted octanol–water partition coefficient (Wildman–Crippen LogP) is 1.71. The number of hydrogen-bond donors (Lipinski definition) is 1. The van der Waals surface area contributed by atoms with Gasteiger partial charge >= 0.3 is 5.97 Å². The summed E-state index contributed by atoms with van der Waals surface area (Å²) in [6, 6.07) is -0.522. The number of nitrogens with one attached hydrogen (secondary N) is 1. The molecule has 1 aromatic rings. The Labute approximate surface area is 114 Å². The molecular weight excluding hydrogens is 242 g/mol. The Morgan fingerprint density at radius 1 is 1.63 bits per heavy atom. The normalized spacial score (nSPS) is 13.1. The Balaban J connectivity index is 3.21. The van der Waals surface area contributed by atoms with Gasteiger partial charge in [0.1, 0.15) is 6.04 Å². The molecule has 1 unspecified atom stereocenters. The average Bonchev–Trinajstić information content (AvgIpc) is 2.71. The number of esters is 1. The van der Waals surface area contributed by atoms with Gasteiger partial charge in [-0.25, -0.2) is 4.79 Å².